The van der Waals surface area contributed by atoms with Gasteiger partial charge in [-0.25, -0.2) is 9.78 Å². The Balaban J connectivity index is 1.82. The van der Waals surface area contributed by atoms with E-state index in [9.17, 15) is 9.59 Å². The Kier molecular flexibility index (Phi) is 5.03. The lowest BCUT2D eigenvalue weighted by atomic mass is 9.97. The predicted octanol–water partition coefficient (Wildman–Crippen LogP) is 1.99. The van der Waals surface area contributed by atoms with Crippen LogP contribution in [0.1, 0.15) is 44.5 Å². The highest BCUT2D eigenvalue weighted by molar-refractivity contribution is 5.94. The van der Waals surface area contributed by atoms with Crippen LogP contribution < -0.4 is 11.1 Å². The molecule has 0 bridgehead atoms. The van der Waals surface area contributed by atoms with Crippen LogP contribution in [0.2, 0.25) is 0 Å². The van der Waals surface area contributed by atoms with E-state index in [1.54, 1.807) is 0 Å². The number of hydrogen-bond acceptors (Lipinski definition) is 4. The van der Waals surface area contributed by atoms with Crippen LogP contribution in [0.15, 0.2) is 24.3 Å². The summed E-state index contributed by atoms with van der Waals surface area (Å²) in [5, 5.41) is 2.13. The van der Waals surface area contributed by atoms with Gasteiger partial charge in [0.15, 0.2) is 0 Å². The van der Waals surface area contributed by atoms with E-state index in [1.807, 2.05) is 18.2 Å². The average molecular weight is 343 g/mol. The highest BCUT2D eigenvalue weighted by Gasteiger charge is 2.28. The fourth-order valence-electron chi connectivity index (χ4n) is 3.68. The summed E-state index contributed by atoms with van der Waals surface area (Å²) in [6.07, 6.45) is 2.04. The molecule has 1 aliphatic heterocycles. The standard InChI is InChI=1S/C18H25N5O2/c1-12(2)23-15-8-4-3-7-14(15)20-17(23)13-6-5-9-22(10-13)11-16(24)21-18(19)25/h3-4,7-8,12-13H,5-6,9-11H2,1-2H3,(H3,19,21,24,25)/t13-/m1/s1. The Labute approximate surface area is 147 Å². The number of aromatic nitrogens is 2. The highest BCUT2D eigenvalue weighted by Crippen LogP contribution is 2.31. The number of urea groups is 1. The lowest BCUT2D eigenvalue weighted by Gasteiger charge is -2.32. The molecule has 2 heterocycles. The van der Waals surface area contributed by atoms with E-state index in [4.69, 9.17) is 10.7 Å². The number of amides is 3. The fourth-order valence-corrected chi connectivity index (χ4v) is 3.68. The molecule has 3 amide bonds. The van der Waals surface area contributed by atoms with Crippen molar-refractivity contribution >= 4 is 23.0 Å². The van der Waals surface area contributed by atoms with Crippen LogP contribution in [0.3, 0.4) is 0 Å². The lowest BCUT2D eigenvalue weighted by Crippen LogP contribution is -2.45. The van der Waals surface area contributed by atoms with Gasteiger partial charge in [-0.2, -0.15) is 0 Å². The van der Waals surface area contributed by atoms with Crippen molar-refractivity contribution in [2.75, 3.05) is 19.6 Å². The van der Waals surface area contributed by atoms with Gasteiger partial charge in [0.25, 0.3) is 0 Å². The molecular formula is C18H25N5O2. The van der Waals surface area contributed by atoms with Crippen LogP contribution in [0.5, 0.6) is 0 Å². The molecule has 3 N–H and O–H groups in total. The number of nitrogens with one attached hydrogen (secondary N) is 1. The minimum absolute atomic E-state index is 0.182. The smallest absolute Gasteiger partial charge is 0.318 e. The number of para-hydroxylation sites is 2. The maximum atomic E-state index is 11.8. The van der Waals surface area contributed by atoms with Gasteiger partial charge < -0.3 is 10.3 Å². The molecule has 134 valence electrons. The van der Waals surface area contributed by atoms with E-state index >= 15 is 0 Å². The Morgan fingerprint density at radius 1 is 1.36 bits per heavy atom. The molecular weight excluding hydrogens is 318 g/mol. The molecule has 1 saturated heterocycles. The number of imidazole rings is 1. The molecule has 3 rings (SSSR count). The minimum atomic E-state index is -0.805. The summed E-state index contributed by atoms with van der Waals surface area (Å²) in [5.41, 5.74) is 7.17. The van der Waals surface area contributed by atoms with Crippen LogP contribution >= 0.6 is 0 Å². The van der Waals surface area contributed by atoms with Crippen molar-refractivity contribution in [2.45, 2.75) is 38.6 Å². The van der Waals surface area contributed by atoms with E-state index in [2.05, 4.69) is 34.7 Å². The number of fused-ring (bicyclic) bond motifs is 1. The van der Waals surface area contributed by atoms with Crippen molar-refractivity contribution in [3.05, 3.63) is 30.1 Å². The first kappa shape index (κ1) is 17.4. The van der Waals surface area contributed by atoms with Crippen LogP contribution in [0.4, 0.5) is 4.79 Å². The SMILES string of the molecule is CC(C)n1c([C@@H]2CCCN(CC(=O)NC(N)=O)C2)nc2ccccc21. The first-order valence-electron chi connectivity index (χ1n) is 8.74. The number of rotatable bonds is 4. The summed E-state index contributed by atoms with van der Waals surface area (Å²) in [6, 6.07) is 7.70. The Morgan fingerprint density at radius 2 is 2.12 bits per heavy atom. The zero-order chi connectivity index (χ0) is 18.0. The number of imide groups is 1. The molecule has 1 atom stereocenters. The Morgan fingerprint density at radius 3 is 2.84 bits per heavy atom. The molecule has 0 saturated carbocycles. The number of primary amides is 1. The van der Waals surface area contributed by atoms with Crippen molar-refractivity contribution in [3.8, 4) is 0 Å². The first-order valence-corrected chi connectivity index (χ1v) is 8.74. The van der Waals surface area contributed by atoms with E-state index in [0.717, 1.165) is 42.8 Å². The van der Waals surface area contributed by atoms with Gasteiger partial charge in [-0.15, -0.1) is 0 Å². The van der Waals surface area contributed by atoms with Gasteiger partial charge in [0.2, 0.25) is 5.91 Å². The number of benzene rings is 1. The quantitative estimate of drug-likeness (QED) is 0.888. The topological polar surface area (TPSA) is 93.3 Å². The third-order valence-electron chi connectivity index (χ3n) is 4.64. The van der Waals surface area contributed by atoms with Gasteiger partial charge in [-0.3, -0.25) is 15.0 Å². The molecule has 0 spiro atoms. The maximum absolute atomic E-state index is 11.8. The molecule has 0 aliphatic carbocycles. The molecule has 1 aromatic carbocycles. The third-order valence-corrected chi connectivity index (χ3v) is 4.64. The molecule has 7 heteroatoms. The zero-order valence-corrected chi connectivity index (χ0v) is 14.7. The predicted molar refractivity (Wildman–Crippen MR) is 96.3 cm³/mol. The summed E-state index contributed by atoms with van der Waals surface area (Å²) in [5.74, 6) is 0.992. The molecule has 0 unspecified atom stereocenters. The monoisotopic (exact) mass is 343 g/mol. The van der Waals surface area contributed by atoms with Crippen molar-refractivity contribution in [1.29, 1.82) is 0 Å². The zero-order valence-electron chi connectivity index (χ0n) is 14.7. The average Bonchev–Trinajstić information content (AvgIpc) is 2.94. The van der Waals surface area contributed by atoms with E-state index < -0.39 is 6.03 Å². The second kappa shape index (κ2) is 7.23. The highest BCUT2D eigenvalue weighted by atomic mass is 16.2. The molecule has 2 aromatic rings. The van der Waals surface area contributed by atoms with Crippen LogP contribution in [0, 0.1) is 0 Å². The summed E-state index contributed by atoms with van der Waals surface area (Å²) in [6.45, 7) is 6.10. The van der Waals surface area contributed by atoms with Crippen molar-refractivity contribution in [3.63, 3.8) is 0 Å². The summed E-state index contributed by atoms with van der Waals surface area (Å²) >= 11 is 0. The third kappa shape index (κ3) is 3.82. The van der Waals surface area contributed by atoms with E-state index in [1.165, 1.54) is 0 Å². The summed E-state index contributed by atoms with van der Waals surface area (Å²) in [4.78, 5) is 29.6. The maximum Gasteiger partial charge on any atom is 0.318 e. The largest absolute Gasteiger partial charge is 0.351 e. The number of carbonyl (C=O) groups is 2. The minimum Gasteiger partial charge on any atom is -0.351 e. The van der Waals surface area contributed by atoms with Crippen LogP contribution in [-0.2, 0) is 4.79 Å². The van der Waals surface area contributed by atoms with Gasteiger partial charge in [0.05, 0.1) is 17.6 Å². The van der Waals surface area contributed by atoms with Gasteiger partial charge in [0, 0.05) is 18.5 Å². The Bertz CT molecular complexity index is 783. The summed E-state index contributed by atoms with van der Waals surface area (Å²) in [7, 11) is 0. The second-order valence-electron chi connectivity index (χ2n) is 6.91. The van der Waals surface area contributed by atoms with Crippen molar-refractivity contribution < 1.29 is 9.59 Å². The van der Waals surface area contributed by atoms with Gasteiger partial charge >= 0.3 is 6.03 Å². The normalized spacial score (nSPS) is 18.6. The summed E-state index contributed by atoms with van der Waals surface area (Å²) < 4.78 is 2.30. The molecule has 7 nitrogen and oxygen atoms in total. The molecule has 1 aromatic heterocycles. The van der Waals surface area contributed by atoms with Gasteiger partial charge in [-0.05, 0) is 45.4 Å². The van der Waals surface area contributed by atoms with Gasteiger partial charge in [-0.1, -0.05) is 12.1 Å². The van der Waals surface area contributed by atoms with E-state index in [-0.39, 0.29) is 18.4 Å². The van der Waals surface area contributed by atoms with Crippen LogP contribution in [0.25, 0.3) is 11.0 Å². The number of carbonyl (C=O) groups excluding carboxylic acids is 2. The molecule has 25 heavy (non-hydrogen) atoms. The van der Waals surface area contributed by atoms with Crippen molar-refractivity contribution in [2.24, 2.45) is 5.73 Å². The molecule has 1 aliphatic rings. The number of hydrogen-bond donors (Lipinski definition) is 2. The number of nitrogens with two attached hydrogens (primary N) is 1. The van der Waals surface area contributed by atoms with Crippen LogP contribution in [-0.4, -0.2) is 46.0 Å². The fraction of sp³-hybridized carbons (Fsp3) is 0.500. The second-order valence-corrected chi connectivity index (χ2v) is 6.91. The van der Waals surface area contributed by atoms with Gasteiger partial charge in [0.1, 0.15) is 5.82 Å². The number of likely N-dealkylation sites (tertiary alicyclic amines) is 1. The molecule has 0 radical (unpaired) electrons. The van der Waals surface area contributed by atoms with Crippen molar-refractivity contribution in [1.82, 2.24) is 19.8 Å². The number of piperidine rings is 1. The lowest BCUT2D eigenvalue weighted by molar-refractivity contribution is -0.121. The Hall–Kier alpha value is -2.41. The molecule has 1 fully saturated rings. The first-order chi connectivity index (χ1) is 12.0. The number of nitrogens with zero attached hydrogens (tertiary/aromatic N) is 3. The van der Waals surface area contributed by atoms with E-state index in [0.29, 0.717) is 6.04 Å².